The molecule has 1 nitrogen and oxygen atoms in total. The molecule has 0 aromatic heterocycles. The van der Waals surface area contributed by atoms with Crippen molar-refractivity contribution in [1.29, 1.82) is 0 Å². The minimum Gasteiger partial charge on any atom is -0.311 e. The van der Waals surface area contributed by atoms with Gasteiger partial charge in [-0.05, 0) is 79.1 Å². The molecule has 0 aliphatic rings. The molecule has 0 saturated carbocycles. The molecule has 0 radical (unpaired) electrons. The Kier molecular flexibility index (Phi) is 17.2. The summed E-state index contributed by atoms with van der Waals surface area (Å²) in [5.74, 6) is 2.72. The van der Waals surface area contributed by atoms with E-state index < -0.39 is 0 Å². The van der Waals surface area contributed by atoms with E-state index in [2.05, 4.69) is 94.3 Å². The second kappa shape index (κ2) is 21.2. The standard InChI is InChI=1S/C40H54BrN/c1-3-5-6-7-8-9-10-11-12-13-14-15-16-17-18-19-20-21-22-36-25-31-39(32-26-36)42(40-33-27-37(41)28-34-40)38-29-23-35(4-2)24-30-38/h2,23-34H,3,5-22H2,1H3. The molecule has 0 unspecified atom stereocenters. The Morgan fingerprint density at radius 3 is 1.26 bits per heavy atom. The summed E-state index contributed by atoms with van der Waals surface area (Å²) in [5, 5.41) is 0. The summed E-state index contributed by atoms with van der Waals surface area (Å²) in [6, 6.07) is 25.8. The zero-order chi connectivity index (χ0) is 29.7. The molecule has 0 fully saturated rings. The first-order valence-electron chi connectivity index (χ1n) is 16.9. The zero-order valence-corrected chi connectivity index (χ0v) is 27.9. The van der Waals surface area contributed by atoms with E-state index >= 15 is 0 Å². The van der Waals surface area contributed by atoms with E-state index in [0.29, 0.717) is 0 Å². The number of hydrogen-bond acceptors (Lipinski definition) is 1. The van der Waals surface area contributed by atoms with Crippen molar-refractivity contribution in [2.75, 3.05) is 4.90 Å². The molecular formula is C40H54BrN. The Morgan fingerprint density at radius 2 is 0.857 bits per heavy atom. The molecule has 3 rings (SSSR count). The highest BCUT2D eigenvalue weighted by molar-refractivity contribution is 9.10. The van der Waals surface area contributed by atoms with Crippen LogP contribution in [0.15, 0.2) is 77.3 Å². The van der Waals surface area contributed by atoms with E-state index in [1.807, 2.05) is 12.1 Å². The number of aryl methyl sites for hydroxylation is 1. The molecule has 3 aromatic carbocycles. The summed E-state index contributed by atoms with van der Waals surface area (Å²) in [5.41, 5.74) is 5.71. The minimum atomic E-state index is 0.897. The van der Waals surface area contributed by atoms with Gasteiger partial charge in [0.1, 0.15) is 0 Å². The summed E-state index contributed by atoms with van der Waals surface area (Å²) >= 11 is 3.57. The van der Waals surface area contributed by atoms with Crippen LogP contribution in [0.1, 0.15) is 134 Å². The summed E-state index contributed by atoms with van der Waals surface area (Å²) in [6.07, 6.45) is 32.3. The van der Waals surface area contributed by atoms with Gasteiger partial charge in [-0.25, -0.2) is 0 Å². The van der Waals surface area contributed by atoms with Crippen LogP contribution in [0.4, 0.5) is 17.1 Å². The molecular weight excluding hydrogens is 574 g/mol. The third kappa shape index (κ3) is 13.2. The zero-order valence-electron chi connectivity index (χ0n) is 26.3. The predicted octanol–water partition coefficient (Wildman–Crippen LogP) is 13.5. The van der Waals surface area contributed by atoms with Crippen molar-refractivity contribution in [1.82, 2.24) is 0 Å². The first kappa shape index (κ1) is 34.0. The number of unbranched alkanes of at least 4 members (excludes halogenated alkanes) is 17. The van der Waals surface area contributed by atoms with Gasteiger partial charge in [0.25, 0.3) is 0 Å². The summed E-state index contributed by atoms with van der Waals surface area (Å²) in [6.45, 7) is 2.30. The van der Waals surface area contributed by atoms with Gasteiger partial charge in [-0.3, -0.25) is 0 Å². The molecule has 0 heterocycles. The normalized spacial score (nSPS) is 11.0. The summed E-state index contributed by atoms with van der Waals surface area (Å²) < 4.78 is 1.08. The van der Waals surface area contributed by atoms with Gasteiger partial charge >= 0.3 is 0 Å². The average molecular weight is 629 g/mol. The van der Waals surface area contributed by atoms with Crippen molar-refractivity contribution in [3.63, 3.8) is 0 Å². The quantitative estimate of drug-likeness (QED) is 0.0790. The number of halogens is 1. The fourth-order valence-corrected chi connectivity index (χ4v) is 6.05. The molecule has 0 amide bonds. The molecule has 0 aliphatic heterocycles. The van der Waals surface area contributed by atoms with Crippen molar-refractivity contribution < 1.29 is 0 Å². The monoisotopic (exact) mass is 627 g/mol. The van der Waals surface area contributed by atoms with Crippen molar-refractivity contribution in [2.45, 2.75) is 129 Å². The molecule has 226 valence electrons. The van der Waals surface area contributed by atoms with Crippen LogP contribution in [0.3, 0.4) is 0 Å². The molecule has 42 heavy (non-hydrogen) atoms. The number of terminal acetylenes is 1. The summed E-state index contributed by atoms with van der Waals surface area (Å²) in [7, 11) is 0. The SMILES string of the molecule is C#Cc1ccc(N(c2ccc(Br)cc2)c2ccc(CCCCCCCCCCCCCCCCCCCC)cc2)cc1. The van der Waals surface area contributed by atoms with Crippen molar-refractivity contribution in [3.05, 3.63) is 88.4 Å². The number of hydrogen-bond donors (Lipinski definition) is 0. The smallest absolute Gasteiger partial charge is 0.0462 e. The van der Waals surface area contributed by atoms with Crippen LogP contribution in [0, 0.1) is 12.3 Å². The first-order valence-corrected chi connectivity index (χ1v) is 17.7. The van der Waals surface area contributed by atoms with E-state index in [-0.39, 0.29) is 0 Å². The number of rotatable bonds is 22. The van der Waals surface area contributed by atoms with Crippen LogP contribution in [-0.4, -0.2) is 0 Å². The molecule has 2 heteroatoms. The Balaban J connectivity index is 1.28. The highest BCUT2D eigenvalue weighted by atomic mass is 79.9. The Morgan fingerprint density at radius 1 is 0.500 bits per heavy atom. The van der Waals surface area contributed by atoms with Gasteiger partial charge < -0.3 is 4.90 Å². The third-order valence-corrected chi connectivity index (χ3v) is 8.92. The molecule has 0 saturated heterocycles. The fourth-order valence-electron chi connectivity index (χ4n) is 5.79. The van der Waals surface area contributed by atoms with Crippen molar-refractivity contribution in [3.8, 4) is 12.3 Å². The van der Waals surface area contributed by atoms with Crippen LogP contribution in [0.2, 0.25) is 0 Å². The van der Waals surface area contributed by atoms with Gasteiger partial charge in [0.05, 0.1) is 0 Å². The van der Waals surface area contributed by atoms with Gasteiger partial charge in [0, 0.05) is 27.1 Å². The van der Waals surface area contributed by atoms with Crippen LogP contribution >= 0.6 is 15.9 Å². The molecule has 0 bridgehead atoms. The molecule has 0 aliphatic carbocycles. The van der Waals surface area contributed by atoms with Gasteiger partial charge in [-0.1, -0.05) is 150 Å². The van der Waals surface area contributed by atoms with Gasteiger partial charge in [-0.15, -0.1) is 6.42 Å². The van der Waals surface area contributed by atoms with E-state index in [1.54, 1.807) is 0 Å². The second-order valence-corrected chi connectivity index (χ2v) is 12.8. The summed E-state index contributed by atoms with van der Waals surface area (Å²) in [4.78, 5) is 2.28. The van der Waals surface area contributed by atoms with Crippen LogP contribution in [0.25, 0.3) is 0 Å². The number of anilines is 3. The van der Waals surface area contributed by atoms with Gasteiger partial charge in [-0.2, -0.15) is 0 Å². The van der Waals surface area contributed by atoms with E-state index in [0.717, 1.165) is 33.5 Å². The van der Waals surface area contributed by atoms with Crippen LogP contribution in [-0.2, 0) is 6.42 Å². The maximum absolute atomic E-state index is 5.59. The lowest BCUT2D eigenvalue weighted by Crippen LogP contribution is -2.09. The highest BCUT2D eigenvalue weighted by Crippen LogP contribution is 2.35. The van der Waals surface area contributed by atoms with Crippen molar-refractivity contribution >= 4 is 33.0 Å². The lowest BCUT2D eigenvalue weighted by Gasteiger charge is -2.25. The van der Waals surface area contributed by atoms with Crippen LogP contribution in [0.5, 0.6) is 0 Å². The van der Waals surface area contributed by atoms with E-state index in [1.165, 1.54) is 121 Å². The largest absolute Gasteiger partial charge is 0.311 e. The van der Waals surface area contributed by atoms with E-state index in [9.17, 15) is 0 Å². The molecule has 3 aromatic rings. The topological polar surface area (TPSA) is 3.24 Å². The van der Waals surface area contributed by atoms with Crippen LogP contribution < -0.4 is 4.90 Å². The predicted molar refractivity (Wildman–Crippen MR) is 189 cm³/mol. The molecule has 0 N–H and O–H groups in total. The fraction of sp³-hybridized carbons (Fsp3) is 0.500. The Labute approximate surface area is 266 Å². The Bertz CT molecular complexity index is 1120. The Hall–Kier alpha value is -2.50. The van der Waals surface area contributed by atoms with E-state index in [4.69, 9.17) is 6.42 Å². The number of nitrogens with zero attached hydrogens (tertiary/aromatic N) is 1. The highest BCUT2D eigenvalue weighted by Gasteiger charge is 2.12. The number of benzene rings is 3. The molecule has 0 atom stereocenters. The van der Waals surface area contributed by atoms with Gasteiger partial charge in [0.2, 0.25) is 0 Å². The van der Waals surface area contributed by atoms with Crippen molar-refractivity contribution in [2.24, 2.45) is 0 Å². The molecule has 0 spiro atoms. The minimum absolute atomic E-state index is 0.897. The second-order valence-electron chi connectivity index (χ2n) is 11.9. The first-order chi connectivity index (χ1) is 20.7. The lowest BCUT2D eigenvalue weighted by molar-refractivity contribution is 0.525. The lowest BCUT2D eigenvalue weighted by atomic mass is 10.0. The van der Waals surface area contributed by atoms with Gasteiger partial charge in [0.15, 0.2) is 0 Å². The average Bonchev–Trinajstić information content (AvgIpc) is 3.02. The maximum Gasteiger partial charge on any atom is 0.0462 e. The maximum atomic E-state index is 5.59. The third-order valence-electron chi connectivity index (χ3n) is 8.39.